The third-order valence-corrected chi connectivity index (χ3v) is 6.57. The van der Waals surface area contributed by atoms with Crippen LogP contribution < -0.4 is 5.32 Å². The molecule has 0 spiro atoms. The van der Waals surface area contributed by atoms with Crippen LogP contribution in [0.4, 0.5) is 0 Å². The van der Waals surface area contributed by atoms with Crippen LogP contribution in [0.25, 0.3) is 0 Å². The first-order valence-corrected chi connectivity index (χ1v) is 11.8. The molecule has 1 fully saturated rings. The highest BCUT2D eigenvalue weighted by molar-refractivity contribution is 7.98. The van der Waals surface area contributed by atoms with E-state index in [1.165, 1.54) is 49.6 Å². The molecule has 0 bridgehead atoms. The van der Waals surface area contributed by atoms with Gasteiger partial charge in [-0.15, -0.1) is 0 Å². The summed E-state index contributed by atoms with van der Waals surface area (Å²) in [7, 11) is 0. The molecule has 0 saturated carbocycles. The molecule has 162 valence electrons. The highest BCUT2D eigenvalue weighted by Crippen LogP contribution is 2.21. The van der Waals surface area contributed by atoms with Crippen LogP contribution in [-0.4, -0.2) is 39.1 Å². The van der Waals surface area contributed by atoms with Crippen molar-refractivity contribution >= 4 is 17.7 Å². The van der Waals surface area contributed by atoms with E-state index in [1.807, 2.05) is 24.3 Å². The maximum absolute atomic E-state index is 12.8. The molecule has 1 aliphatic heterocycles. The Labute approximate surface area is 187 Å². The standard InChI is InChI=1S/C24H29N5OS/c1-18-5-4-12-29(14-18)15-20-10-8-19(9-11-20)13-25-23(30)22-7-3-2-6-21(22)16-31-24-26-17-27-28-24/h2-3,6-11,17-18H,4-5,12-16H2,1H3,(H,25,30)(H,26,27,28). The summed E-state index contributed by atoms with van der Waals surface area (Å²) in [5, 5.41) is 10.5. The van der Waals surface area contributed by atoms with Crippen molar-refractivity contribution in [3.63, 3.8) is 0 Å². The molecular weight excluding hydrogens is 406 g/mol. The number of thioether (sulfide) groups is 1. The molecule has 1 atom stereocenters. The van der Waals surface area contributed by atoms with Gasteiger partial charge < -0.3 is 5.32 Å². The molecular formula is C24H29N5OS. The zero-order valence-corrected chi connectivity index (χ0v) is 18.7. The Morgan fingerprint density at radius 3 is 2.77 bits per heavy atom. The number of nitrogens with zero attached hydrogens (tertiary/aromatic N) is 3. The van der Waals surface area contributed by atoms with Crippen molar-refractivity contribution in [1.82, 2.24) is 25.4 Å². The summed E-state index contributed by atoms with van der Waals surface area (Å²) in [5.41, 5.74) is 4.12. The average molecular weight is 436 g/mol. The maximum Gasteiger partial charge on any atom is 0.251 e. The van der Waals surface area contributed by atoms with Gasteiger partial charge in [0.25, 0.3) is 5.91 Å². The summed E-state index contributed by atoms with van der Waals surface area (Å²) in [6.07, 6.45) is 4.12. The number of aromatic amines is 1. The number of rotatable bonds is 8. The average Bonchev–Trinajstić information content (AvgIpc) is 3.31. The summed E-state index contributed by atoms with van der Waals surface area (Å²) < 4.78 is 0. The van der Waals surface area contributed by atoms with E-state index in [0.29, 0.717) is 17.9 Å². The van der Waals surface area contributed by atoms with Gasteiger partial charge in [0.1, 0.15) is 6.33 Å². The van der Waals surface area contributed by atoms with Crippen molar-refractivity contribution in [2.75, 3.05) is 13.1 Å². The lowest BCUT2D eigenvalue weighted by Crippen LogP contribution is -2.33. The SMILES string of the molecule is CC1CCCN(Cc2ccc(CNC(=O)c3ccccc3CSc3ncn[nH]3)cc2)C1. The number of benzene rings is 2. The van der Waals surface area contributed by atoms with Gasteiger partial charge in [0.05, 0.1) is 0 Å². The van der Waals surface area contributed by atoms with Gasteiger partial charge >= 0.3 is 0 Å². The molecule has 1 unspecified atom stereocenters. The number of likely N-dealkylation sites (tertiary alicyclic amines) is 1. The molecule has 7 heteroatoms. The summed E-state index contributed by atoms with van der Waals surface area (Å²) >= 11 is 1.53. The minimum absolute atomic E-state index is 0.0554. The number of hydrogen-bond acceptors (Lipinski definition) is 5. The second-order valence-electron chi connectivity index (χ2n) is 8.22. The molecule has 1 saturated heterocycles. The van der Waals surface area contributed by atoms with Crippen molar-refractivity contribution in [2.45, 2.75) is 43.8 Å². The van der Waals surface area contributed by atoms with Crippen molar-refractivity contribution in [2.24, 2.45) is 5.92 Å². The second kappa shape index (κ2) is 10.6. The number of piperidine rings is 1. The predicted octanol–water partition coefficient (Wildman–Crippen LogP) is 4.26. The van der Waals surface area contributed by atoms with Crippen LogP contribution in [0, 0.1) is 5.92 Å². The van der Waals surface area contributed by atoms with Crippen LogP contribution in [0.3, 0.4) is 0 Å². The van der Waals surface area contributed by atoms with Crippen LogP contribution in [-0.2, 0) is 18.8 Å². The van der Waals surface area contributed by atoms with E-state index < -0.39 is 0 Å². The molecule has 0 radical (unpaired) electrons. The molecule has 2 heterocycles. The van der Waals surface area contributed by atoms with E-state index >= 15 is 0 Å². The molecule has 2 N–H and O–H groups in total. The van der Waals surface area contributed by atoms with E-state index in [2.05, 4.69) is 56.6 Å². The zero-order valence-electron chi connectivity index (χ0n) is 17.9. The Bertz CT molecular complexity index is 974. The van der Waals surface area contributed by atoms with Crippen LogP contribution in [0.5, 0.6) is 0 Å². The number of amides is 1. The third-order valence-electron chi connectivity index (χ3n) is 5.64. The predicted molar refractivity (Wildman–Crippen MR) is 124 cm³/mol. The van der Waals surface area contributed by atoms with Crippen LogP contribution in [0.15, 0.2) is 60.0 Å². The first-order valence-electron chi connectivity index (χ1n) is 10.8. The Balaban J connectivity index is 1.30. The molecule has 1 aromatic heterocycles. The zero-order chi connectivity index (χ0) is 21.5. The fourth-order valence-corrected chi connectivity index (χ4v) is 4.79. The lowest BCUT2D eigenvalue weighted by atomic mass is 9.99. The normalized spacial score (nSPS) is 16.9. The maximum atomic E-state index is 12.8. The van der Waals surface area contributed by atoms with Crippen LogP contribution in [0.1, 0.15) is 46.8 Å². The minimum atomic E-state index is -0.0554. The second-order valence-corrected chi connectivity index (χ2v) is 9.18. The summed E-state index contributed by atoms with van der Waals surface area (Å²) in [5.74, 6) is 1.39. The Morgan fingerprint density at radius 1 is 1.19 bits per heavy atom. The lowest BCUT2D eigenvalue weighted by Gasteiger charge is -2.30. The van der Waals surface area contributed by atoms with E-state index in [-0.39, 0.29) is 5.91 Å². The first-order chi connectivity index (χ1) is 15.2. The molecule has 2 aromatic carbocycles. The van der Waals surface area contributed by atoms with E-state index in [4.69, 9.17) is 0 Å². The fraction of sp³-hybridized carbons (Fsp3) is 0.375. The Hall–Kier alpha value is -2.64. The highest BCUT2D eigenvalue weighted by atomic mass is 32.2. The van der Waals surface area contributed by atoms with Gasteiger partial charge in [0.2, 0.25) is 0 Å². The van der Waals surface area contributed by atoms with Gasteiger partial charge in [-0.2, -0.15) is 5.10 Å². The quantitative estimate of drug-likeness (QED) is 0.517. The number of aromatic nitrogens is 3. The topological polar surface area (TPSA) is 73.9 Å². The van der Waals surface area contributed by atoms with Gasteiger partial charge in [0.15, 0.2) is 5.16 Å². The van der Waals surface area contributed by atoms with Gasteiger partial charge in [-0.25, -0.2) is 4.98 Å². The lowest BCUT2D eigenvalue weighted by molar-refractivity contribution is 0.0950. The molecule has 0 aliphatic carbocycles. The van der Waals surface area contributed by atoms with E-state index in [9.17, 15) is 4.79 Å². The molecule has 3 aromatic rings. The van der Waals surface area contributed by atoms with Crippen molar-refractivity contribution in [1.29, 1.82) is 0 Å². The van der Waals surface area contributed by atoms with Gasteiger partial charge in [-0.3, -0.25) is 14.8 Å². The van der Waals surface area contributed by atoms with Gasteiger partial charge in [-0.05, 0) is 48.1 Å². The number of H-pyrrole nitrogens is 1. The van der Waals surface area contributed by atoms with Crippen molar-refractivity contribution in [3.8, 4) is 0 Å². The monoisotopic (exact) mass is 435 g/mol. The highest BCUT2D eigenvalue weighted by Gasteiger charge is 2.16. The van der Waals surface area contributed by atoms with E-state index in [0.717, 1.165) is 28.7 Å². The van der Waals surface area contributed by atoms with E-state index in [1.54, 1.807) is 0 Å². The number of carbonyl (C=O) groups excluding carboxylic acids is 1. The number of carbonyl (C=O) groups is 1. The Kier molecular flexibility index (Phi) is 7.38. The smallest absolute Gasteiger partial charge is 0.251 e. The molecule has 1 aliphatic rings. The Morgan fingerprint density at radius 2 is 2.00 bits per heavy atom. The van der Waals surface area contributed by atoms with Crippen LogP contribution in [0.2, 0.25) is 0 Å². The molecule has 31 heavy (non-hydrogen) atoms. The number of hydrogen-bond donors (Lipinski definition) is 2. The largest absolute Gasteiger partial charge is 0.348 e. The minimum Gasteiger partial charge on any atom is -0.348 e. The third kappa shape index (κ3) is 6.18. The summed E-state index contributed by atoms with van der Waals surface area (Å²) in [6, 6.07) is 16.3. The number of nitrogens with one attached hydrogen (secondary N) is 2. The van der Waals surface area contributed by atoms with Gasteiger partial charge in [0, 0.05) is 31.0 Å². The molecule has 4 rings (SSSR count). The molecule has 6 nitrogen and oxygen atoms in total. The van der Waals surface area contributed by atoms with Crippen LogP contribution >= 0.6 is 11.8 Å². The van der Waals surface area contributed by atoms with Crippen molar-refractivity contribution in [3.05, 3.63) is 77.1 Å². The van der Waals surface area contributed by atoms with Crippen molar-refractivity contribution < 1.29 is 4.79 Å². The summed E-state index contributed by atoms with van der Waals surface area (Å²) in [6.45, 7) is 6.24. The first kappa shape index (κ1) is 21.6. The summed E-state index contributed by atoms with van der Waals surface area (Å²) in [4.78, 5) is 19.5. The fourth-order valence-electron chi connectivity index (χ4n) is 4.01. The van der Waals surface area contributed by atoms with Gasteiger partial charge in [-0.1, -0.05) is 61.2 Å². The molecule has 1 amide bonds.